The zero-order chi connectivity index (χ0) is 15.3. The van der Waals surface area contributed by atoms with E-state index in [0.29, 0.717) is 17.7 Å². The molecule has 0 aromatic carbocycles. The third-order valence-corrected chi connectivity index (χ3v) is 5.23. The van der Waals surface area contributed by atoms with Gasteiger partial charge in [-0.25, -0.2) is 4.68 Å². The highest BCUT2D eigenvalue weighted by molar-refractivity contribution is 9.09. The van der Waals surface area contributed by atoms with E-state index in [2.05, 4.69) is 34.9 Å². The molecule has 0 radical (unpaired) electrons. The number of H-pyrrole nitrogens is 1. The Hall–Kier alpha value is -0.840. The summed E-state index contributed by atoms with van der Waals surface area (Å²) in [5.74, 6) is 0. The fraction of sp³-hybridized carbons (Fsp3) is 0.733. The number of aromatic nitrogens is 2. The maximum Gasteiger partial charge on any atom is 0.268 e. The van der Waals surface area contributed by atoms with Crippen LogP contribution in [0, 0.1) is 19.3 Å². The molecule has 114 valence electrons. The summed E-state index contributed by atoms with van der Waals surface area (Å²) in [6.07, 6.45) is 4.20. The van der Waals surface area contributed by atoms with Gasteiger partial charge in [-0.05, 0) is 32.1 Å². The van der Waals surface area contributed by atoms with Gasteiger partial charge < -0.3 is 0 Å². The molecular weight excluding hydrogens is 320 g/mol. The van der Waals surface area contributed by atoms with Crippen molar-refractivity contribution in [2.45, 2.75) is 59.9 Å². The normalized spacial score (nSPS) is 11.8. The molecule has 0 aliphatic rings. The average molecular weight is 345 g/mol. The first-order valence-corrected chi connectivity index (χ1v) is 8.39. The Kier molecular flexibility index (Phi) is 6.24. The zero-order valence-electron chi connectivity index (χ0n) is 12.9. The Morgan fingerprint density at radius 3 is 2.10 bits per heavy atom. The number of rotatable bonds is 7. The molecule has 0 bridgehead atoms. The lowest BCUT2D eigenvalue weighted by Gasteiger charge is -2.32. The first-order chi connectivity index (χ1) is 9.40. The summed E-state index contributed by atoms with van der Waals surface area (Å²) >= 11 is 3.60. The van der Waals surface area contributed by atoms with E-state index in [4.69, 9.17) is 0 Å². The van der Waals surface area contributed by atoms with Crippen molar-refractivity contribution in [1.82, 2.24) is 9.78 Å². The molecule has 1 aromatic heterocycles. The maximum atomic E-state index is 12.3. The van der Waals surface area contributed by atoms with Gasteiger partial charge in [0, 0.05) is 23.0 Å². The summed E-state index contributed by atoms with van der Waals surface area (Å²) in [4.78, 5) is 24.2. The van der Waals surface area contributed by atoms with Crippen molar-refractivity contribution < 1.29 is 0 Å². The van der Waals surface area contributed by atoms with Crippen LogP contribution >= 0.6 is 15.9 Å². The molecule has 0 amide bonds. The van der Waals surface area contributed by atoms with E-state index < -0.39 is 0 Å². The van der Waals surface area contributed by atoms with Gasteiger partial charge in [0.15, 0.2) is 0 Å². The van der Waals surface area contributed by atoms with Crippen LogP contribution in [0.1, 0.15) is 50.7 Å². The topological polar surface area (TPSA) is 54.9 Å². The Balaban J connectivity index is 3.24. The molecule has 0 saturated carbocycles. The van der Waals surface area contributed by atoms with Gasteiger partial charge in [0.1, 0.15) is 0 Å². The first kappa shape index (κ1) is 17.2. The molecule has 0 saturated heterocycles. The first-order valence-electron chi connectivity index (χ1n) is 7.27. The number of hydrogen-bond donors (Lipinski definition) is 1. The monoisotopic (exact) mass is 344 g/mol. The molecule has 0 aliphatic heterocycles. The summed E-state index contributed by atoms with van der Waals surface area (Å²) in [5.41, 5.74) is 0.836. The molecule has 5 heteroatoms. The third-order valence-electron chi connectivity index (χ3n) is 4.04. The van der Waals surface area contributed by atoms with Gasteiger partial charge in [0.25, 0.3) is 11.1 Å². The summed E-state index contributed by atoms with van der Waals surface area (Å²) in [5, 5.41) is 3.56. The predicted molar refractivity (Wildman–Crippen MR) is 86.8 cm³/mol. The summed E-state index contributed by atoms with van der Waals surface area (Å²) in [6, 6.07) is 0. The second-order valence-corrected chi connectivity index (χ2v) is 6.28. The lowest BCUT2D eigenvalue weighted by molar-refractivity contribution is 0.217. The molecule has 0 atom stereocenters. The number of hydrogen-bond acceptors (Lipinski definition) is 2. The molecule has 4 nitrogen and oxygen atoms in total. The van der Waals surface area contributed by atoms with Crippen LogP contribution in [-0.2, 0) is 6.54 Å². The third kappa shape index (κ3) is 3.62. The number of halogens is 1. The van der Waals surface area contributed by atoms with Crippen LogP contribution in [-0.4, -0.2) is 15.1 Å². The fourth-order valence-electron chi connectivity index (χ4n) is 2.76. The van der Waals surface area contributed by atoms with Crippen molar-refractivity contribution in [3.63, 3.8) is 0 Å². The van der Waals surface area contributed by atoms with Gasteiger partial charge in [-0.15, -0.1) is 0 Å². The largest absolute Gasteiger partial charge is 0.268 e. The van der Waals surface area contributed by atoms with E-state index in [-0.39, 0.29) is 16.5 Å². The van der Waals surface area contributed by atoms with Crippen LogP contribution in [0.25, 0.3) is 0 Å². The second-order valence-electron chi connectivity index (χ2n) is 5.72. The minimum Gasteiger partial charge on any atom is -0.268 e. The van der Waals surface area contributed by atoms with Crippen molar-refractivity contribution in [3.05, 3.63) is 31.8 Å². The smallest absolute Gasteiger partial charge is 0.268 e. The lowest BCUT2D eigenvalue weighted by atomic mass is 9.81. The molecule has 1 N–H and O–H groups in total. The molecule has 1 heterocycles. The fourth-order valence-corrected chi connectivity index (χ4v) is 3.49. The number of alkyl halides is 1. The highest BCUT2D eigenvalue weighted by atomic mass is 79.9. The van der Waals surface area contributed by atoms with Gasteiger partial charge in [-0.3, -0.25) is 14.7 Å². The number of aromatic amines is 1. The minimum absolute atomic E-state index is 0.0258. The maximum absolute atomic E-state index is 12.3. The molecule has 1 aromatic rings. The Labute approximate surface area is 128 Å². The quantitative estimate of drug-likeness (QED) is 0.772. The molecule has 0 spiro atoms. The van der Waals surface area contributed by atoms with E-state index in [1.54, 1.807) is 13.8 Å². The van der Waals surface area contributed by atoms with Crippen molar-refractivity contribution >= 4 is 15.9 Å². The molecule has 0 unspecified atom stereocenters. The second kappa shape index (κ2) is 7.25. The van der Waals surface area contributed by atoms with Crippen LogP contribution in [0.3, 0.4) is 0 Å². The van der Waals surface area contributed by atoms with Crippen LogP contribution in [0.5, 0.6) is 0 Å². The van der Waals surface area contributed by atoms with Gasteiger partial charge in [0.2, 0.25) is 0 Å². The number of nitrogens with zero attached hydrogens (tertiary/aromatic N) is 1. The summed E-state index contributed by atoms with van der Waals surface area (Å²) in [6.45, 7) is 8.28. The highest BCUT2D eigenvalue weighted by Gasteiger charge is 2.28. The average Bonchev–Trinajstić information content (AvgIpc) is 2.43. The van der Waals surface area contributed by atoms with E-state index >= 15 is 0 Å². The van der Waals surface area contributed by atoms with E-state index in [0.717, 1.165) is 31.0 Å². The lowest BCUT2D eigenvalue weighted by Crippen LogP contribution is -2.39. The van der Waals surface area contributed by atoms with Gasteiger partial charge in [-0.1, -0.05) is 42.6 Å². The Morgan fingerprint density at radius 2 is 1.65 bits per heavy atom. The molecule has 20 heavy (non-hydrogen) atoms. The van der Waals surface area contributed by atoms with Crippen molar-refractivity contribution in [3.8, 4) is 0 Å². The van der Waals surface area contributed by atoms with E-state index in [1.807, 2.05) is 0 Å². The van der Waals surface area contributed by atoms with Crippen molar-refractivity contribution in [2.75, 3.05) is 5.33 Å². The van der Waals surface area contributed by atoms with Gasteiger partial charge >= 0.3 is 0 Å². The van der Waals surface area contributed by atoms with Crippen LogP contribution < -0.4 is 11.1 Å². The van der Waals surface area contributed by atoms with Crippen LogP contribution in [0.2, 0.25) is 0 Å². The number of nitrogens with one attached hydrogen (secondary N) is 1. The Morgan fingerprint density at radius 1 is 1.10 bits per heavy atom. The van der Waals surface area contributed by atoms with Crippen LogP contribution in [0.4, 0.5) is 0 Å². The summed E-state index contributed by atoms with van der Waals surface area (Å²) < 4.78 is 1.50. The van der Waals surface area contributed by atoms with Crippen molar-refractivity contribution in [2.24, 2.45) is 5.41 Å². The SMILES string of the molecule is CCCC(CBr)(CCC)Cn1[nH]c(=O)c(C)c(C)c1=O. The van der Waals surface area contributed by atoms with Gasteiger partial charge in [0.05, 0.1) is 0 Å². The molecule has 0 aliphatic carbocycles. The van der Waals surface area contributed by atoms with Crippen LogP contribution in [0.15, 0.2) is 9.59 Å². The van der Waals surface area contributed by atoms with E-state index in [1.165, 1.54) is 4.68 Å². The highest BCUT2D eigenvalue weighted by Crippen LogP contribution is 2.33. The minimum atomic E-state index is -0.168. The van der Waals surface area contributed by atoms with E-state index in [9.17, 15) is 9.59 Å². The predicted octanol–water partition coefficient (Wildman–Crippen LogP) is 3.13. The van der Waals surface area contributed by atoms with Gasteiger partial charge in [-0.2, -0.15) is 0 Å². The standard InChI is InChI=1S/C15H25BrN2O2/c1-5-7-15(9-16,8-6-2)10-18-14(20)12(4)11(3)13(19)17-18/h5-10H2,1-4H3,(H,17,19). The Bertz CT molecular complexity index is 554. The summed E-state index contributed by atoms with van der Waals surface area (Å²) in [7, 11) is 0. The molecule has 1 rings (SSSR count). The zero-order valence-corrected chi connectivity index (χ0v) is 14.5. The van der Waals surface area contributed by atoms with Crippen molar-refractivity contribution in [1.29, 1.82) is 0 Å². The molecular formula is C15H25BrN2O2. The molecule has 0 fully saturated rings.